The van der Waals surface area contributed by atoms with Crippen LogP contribution in [0.15, 0.2) is 24.3 Å². The zero-order valence-electron chi connectivity index (χ0n) is 14.3. The monoisotopic (exact) mass is 369 g/mol. The number of hydrogen-bond acceptors (Lipinski definition) is 4. The normalized spacial score (nSPS) is 22.1. The molecule has 2 aliphatic rings. The first-order valence-corrected chi connectivity index (χ1v) is 10.1. The maximum atomic E-state index is 12.9. The molecule has 1 aliphatic carbocycles. The number of likely N-dealkylation sites (tertiary alicyclic amines) is 1. The number of sulfonamides is 1. The second-order valence-corrected chi connectivity index (χ2v) is 9.12. The van der Waals surface area contributed by atoms with E-state index in [4.69, 9.17) is 0 Å². The summed E-state index contributed by atoms with van der Waals surface area (Å²) in [5.41, 5.74) is 0.549. The van der Waals surface area contributed by atoms with Crippen LogP contribution in [0.5, 0.6) is 0 Å². The van der Waals surface area contributed by atoms with Gasteiger partial charge >= 0.3 is 0 Å². The van der Waals surface area contributed by atoms with Crippen molar-refractivity contribution in [1.29, 1.82) is 0 Å². The van der Waals surface area contributed by atoms with E-state index >= 15 is 0 Å². The predicted octanol–water partition coefficient (Wildman–Crippen LogP) is 1.65. The number of nitrogens with one attached hydrogen (secondary N) is 1. The summed E-state index contributed by atoms with van der Waals surface area (Å²) in [6, 6.07) is 5.54. The lowest BCUT2D eigenvalue weighted by atomic mass is 10.1. The molecule has 0 spiro atoms. The summed E-state index contributed by atoms with van der Waals surface area (Å²) >= 11 is 0. The minimum Gasteiger partial charge on any atom is -0.325 e. The van der Waals surface area contributed by atoms with Crippen LogP contribution in [0.1, 0.15) is 25.7 Å². The van der Waals surface area contributed by atoms with Gasteiger partial charge in [-0.3, -0.25) is 9.69 Å². The van der Waals surface area contributed by atoms with Crippen LogP contribution in [-0.2, 0) is 14.8 Å². The first-order chi connectivity index (χ1) is 11.9. The van der Waals surface area contributed by atoms with Gasteiger partial charge in [-0.1, -0.05) is 0 Å². The van der Waals surface area contributed by atoms with Crippen molar-refractivity contribution in [3.63, 3.8) is 0 Å². The molecule has 25 heavy (non-hydrogen) atoms. The van der Waals surface area contributed by atoms with Crippen molar-refractivity contribution in [2.45, 2.75) is 37.0 Å². The molecule has 1 amide bonds. The number of halogens is 1. The van der Waals surface area contributed by atoms with Gasteiger partial charge in [-0.05, 0) is 56.5 Å². The summed E-state index contributed by atoms with van der Waals surface area (Å²) in [5, 5.41) is 2.53. The van der Waals surface area contributed by atoms with Crippen LogP contribution in [-0.4, -0.2) is 61.5 Å². The third-order valence-corrected chi connectivity index (χ3v) is 7.25. The highest BCUT2D eigenvalue weighted by molar-refractivity contribution is 7.90. The largest absolute Gasteiger partial charge is 0.325 e. The van der Waals surface area contributed by atoms with Crippen LogP contribution >= 0.6 is 0 Å². The van der Waals surface area contributed by atoms with E-state index in [2.05, 4.69) is 5.32 Å². The number of carbonyl (C=O) groups excluding carboxylic acids is 1. The molecule has 1 atom stereocenters. The van der Waals surface area contributed by atoms with Crippen LogP contribution < -0.4 is 5.32 Å². The zero-order valence-corrected chi connectivity index (χ0v) is 15.1. The fourth-order valence-corrected chi connectivity index (χ4v) is 5.01. The third-order valence-electron chi connectivity index (χ3n) is 4.84. The molecular weight excluding hydrogens is 345 g/mol. The average Bonchev–Trinajstić information content (AvgIpc) is 3.42. The van der Waals surface area contributed by atoms with Crippen LogP contribution in [0.25, 0.3) is 0 Å². The van der Waals surface area contributed by atoms with Gasteiger partial charge < -0.3 is 5.32 Å². The molecule has 6 nitrogen and oxygen atoms in total. The number of nitrogens with zero attached hydrogens (tertiary/aromatic N) is 2. The van der Waals surface area contributed by atoms with Crippen molar-refractivity contribution in [3.05, 3.63) is 30.1 Å². The Morgan fingerprint density at radius 1 is 1.28 bits per heavy atom. The Kier molecular flexibility index (Phi) is 5.41. The van der Waals surface area contributed by atoms with Gasteiger partial charge in [-0.2, -0.15) is 0 Å². The van der Waals surface area contributed by atoms with E-state index < -0.39 is 10.0 Å². The number of benzene rings is 1. The maximum Gasteiger partial charge on any atom is 0.238 e. The van der Waals surface area contributed by atoms with E-state index in [0.29, 0.717) is 12.2 Å². The van der Waals surface area contributed by atoms with E-state index in [1.807, 2.05) is 4.90 Å². The van der Waals surface area contributed by atoms with E-state index in [-0.39, 0.29) is 29.6 Å². The Balaban J connectivity index is 1.54. The fourth-order valence-electron chi connectivity index (χ4n) is 3.22. The summed E-state index contributed by atoms with van der Waals surface area (Å²) < 4.78 is 39.2. The Labute approximate surface area is 148 Å². The highest BCUT2D eigenvalue weighted by Crippen LogP contribution is 2.32. The van der Waals surface area contributed by atoms with E-state index in [0.717, 1.165) is 32.2 Å². The second-order valence-electron chi connectivity index (χ2n) is 6.85. The van der Waals surface area contributed by atoms with Gasteiger partial charge in [0.25, 0.3) is 0 Å². The number of hydrogen-bond donors (Lipinski definition) is 1. The molecule has 1 saturated carbocycles. The Hall–Kier alpha value is -1.51. The quantitative estimate of drug-likeness (QED) is 0.828. The number of carbonyl (C=O) groups is 1. The Bertz CT molecular complexity index is 719. The van der Waals surface area contributed by atoms with E-state index in [1.54, 1.807) is 7.05 Å². The molecule has 138 valence electrons. The SMILES string of the molecule is CN(C1CCCN(CC(=O)Nc2ccc(F)cc2)C1)S(=O)(=O)C1CC1. The Morgan fingerprint density at radius 2 is 1.96 bits per heavy atom. The Morgan fingerprint density at radius 3 is 2.60 bits per heavy atom. The summed E-state index contributed by atoms with van der Waals surface area (Å²) in [6.45, 7) is 1.52. The molecule has 0 radical (unpaired) electrons. The molecule has 1 unspecified atom stereocenters. The van der Waals surface area contributed by atoms with Crippen LogP contribution in [0, 0.1) is 5.82 Å². The maximum absolute atomic E-state index is 12.9. The molecule has 1 heterocycles. The molecular formula is C17H24FN3O3S. The van der Waals surface area contributed by atoms with Gasteiger partial charge in [-0.15, -0.1) is 0 Å². The lowest BCUT2D eigenvalue weighted by Crippen LogP contribution is -2.50. The lowest BCUT2D eigenvalue weighted by Gasteiger charge is -2.36. The molecule has 0 aromatic heterocycles. The van der Waals surface area contributed by atoms with Gasteiger partial charge in [0.1, 0.15) is 5.82 Å². The zero-order chi connectivity index (χ0) is 18.0. The number of likely N-dealkylation sites (N-methyl/N-ethyl adjacent to an activating group) is 1. The predicted molar refractivity (Wildman–Crippen MR) is 94.2 cm³/mol. The molecule has 1 aromatic rings. The first kappa shape index (κ1) is 18.3. The standard InChI is InChI=1S/C17H24FN3O3S/c1-20(25(23,24)16-8-9-16)15-3-2-10-21(11-15)12-17(22)19-14-6-4-13(18)5-7-14/h4-7,15-16H,2-3,8-12H2,1H3,(H,19,22). The number of piperidine rings is 1. The van der Waals surface area contributed by atoms with Crippen molar-refractivity contribution < 1.29 is 17.6 Å². The number of anilines is 1. The molecule has 2 fully saturated rings. The first-order valence-electron chi connectivity index (χ1n) is 8.61. The summed E-state index contributed by atoms with van der Waals surface area (Å²) in [4.78, 5) is 14.2. The average molecular weight is 369 g/mol. The van der Waals surface area contributed by atoms with Crippen LogP contribution in [0.3, 0.4) is 0 Å². The van der Waals surface area contributed by atoms with Crippen LogP contribution in [0.4, 0.5) is 10.1 Å². The van der Waals surface area contributed by atoms with Crippen molar-refractivity contribution in [1.82, 2.24) is 9.21 Å². The topological polar surface area (TPSA) is 69.7 Å². The molecule has 1 saturated heterocycles. The van der Waals surface area contributed by atoms with Gasteiger partial charge in [0.05, 0.1) is 11.8 Å². The van der Waals surface area contributed by atoms with Crippen molar-refractivity contribution in [2.24, 2.45) is 0 Å². The summed E-state index contributed by atoms with van der Waals surface area (Å²) in [6.07, 6.45) is 3.18. The molecule has 0 bridgehead atoms. The highest BCUT2D eigenvalue weighted by atomic mass is 32.2. The van der Waals surface area contributed by atoms with E-state index in [9.17, 15) is 17.6 Å². The molecule has 3 rings (SSSR count). The van der Waals surface area contributed by atoms with E-state index in [1.165, 1.54) is 28.6 Å². The van der Waals surface area contributed by atoms with Gasteiger partial charge in [0.15, 0.2) is 0 Å². The van der Waals surface area contributed by atoms with Crippen molar-refractivity contribution in [2.75, 3.05) is 32.0 Å². The van der Waals surface area contributed by atoms with Crippen LogP contribution in [0.2, 0.25) is 0 Å². The lowest BCUT2D eigenvalue weighted by molar-refractivity contribution is -0.117. The molecule has 8 heteroatoms. The number of amides is 1. The van der Waals surface area contributed by atoms with Crippen molar-refractivity contribution >= 4 is 21.6 Å². The fraction of sp³-hybridized carbons (Fsp3) is 0.588. The third kappa shape index (κ3) is 4.56. The minimum absolute atomic E-state index is 0.0852. The summed E-state index contributed by atoms with van der Waals surface area (Å²) in [5.74, 6) is -0.531. The second kappa shape index (κ2) is 7.39. The highest BCUT2D eigenvalue weighted by Gasteiger charge is 2.41. The molecule has 1 aromatic carbocycles. The minimum atomic E-state index is -3.20. The summed E-state index contributed by atoms with van der Waals surface area (Å²) in [7, 11) is -1.55. The van der Waals surface area contributed by atoms with Gasteiger partial charge in [0, 0.05) is 25.3 Å². The number of rotatable bonds is 6. The smallest absolute Gasteiger partial charge is 0.238 e. The van der Waals surface area contributed by atoms with Gasteiger partial charge in [0.2, 0.25) is 15.9 Å². The molecule has 1 N–H and O–H groups in total. The van der Waals surface area contributed by atoms with Crippen molar-refractivity contribution in [3.8, 4) is 0 Å². The molecule has 1 aliphatic heterocycles. The van der Waals surface area contributed by atoms with Gasteiger partial charge in [-0.25, -0.2) is 17.1 Å².